The molecule has 0 bridgehead atoms. The van der Waals surface area contributed by atoms with Crippen LogP contribution in [-0.4, -0.2) is 12.1 Å². The van der Waals surface area contributed by atoms with E-state index in [0.29, 0.717) is 22.1 Å². The summed E-state index contributed by atoms with van der Waals surface area (Å²) in [6.45, 7) is 0. The number of fused-ring (bicyclic) bond motifs is 1. The number of hydrogen-bond acceptors (Lipinski definition) is 4. The molecule has 2 heterocycles. The lowest BCUT2D eigenvalue weighted by atomic mass is 10.1. The first kappa shape index (κ1) is 13.0. The number of hydrogen-bond donors (Lipinski definition) is 1. The molecule has 2 N–H and O–H groups in total. The first-order valence-corrected chi connectivity index (χ1v) is 6.49. The standard InChI is InChI=1S/C15H13ClN2O2/c1-19-13-8-11(16)6-10-7-12(20-15(10)13)14(17)9-2-4-18-5-3-9/h2-8,14H,17H2,1H3. The minimum Gasteiger partial charge on any atom is -0.493 e. The van der Waals surface area contributed by atoms with Crippen LogP contribution >= 0.6 is 11.6 Å². The van der Waals surface area contributed by atoms with Crippen molar-refractivity contribution < 1.29 is 9.15 Å². The number of rotatable bonds is 3. The van der Waals surface area contributed by atoms with Crippen molar-refractivity contribution in [1.29, 1.82) is 0 Å². The summed E-state index contributed by atoms with van der Waals surface area (Å²) in [5, 5.41) is 1.47. The van der Waals surface area contributed by atoms with Gasteiger partial charge in [0.05, 0.1) is 13.2 Å². The van der Waals surface area contributed by atoms with Gasteiger partial charge in [0.1, 0.15) is 5.76 Å². The Bertz CT molecular complexity index is 740. The highest BCUT2D eigenvalue weighted by molar-refractivity contribution is 6.31. The fraction of sp³-hybridized carbons (Fsp3) is 0.133. The maximum absolute atomic E-state index is 6.21. The first-order valence-electron chi connectivity index (χ1n) is 6.11. The van der Waals surface area contributed by atoms with Crippen molar-refractivity contribution in [3.8, 4) is 5.75 Å². The van der Waals surface area contributed by atoms with Crippen LogP contribution in [0.2, 0.25) is 5.02 Å². The summed E-state index contributed by atoms with van der Waals surface area (Å²) >= 11 is 6.05. The molecule has 3 rings (SSSR count). The Balaban J connectivity index is 2.09. The average Bonchev–Trinajstić information content (AvgIpc) is 2.90. The van der Waals surface area contributed by atoms with E-state index in [2.05, 4.69) is 4.98 Å². The van der Waals surface area contributed by atoms with E-state index >= 15 is 0 Å². The Morgan fingerprint density at radius 2 is 2.00 bits per heavy atom. The molecule has 0 saturated heterocycles. The van der Waals surface area contributed by atoms with Crippen LogP contribution in [0.3, 0.4) is 0 Å². The number of nitrogens with zero attached hydrogens (tertiary/aromatic N) is 1. The van der Waals surface area contributed by atoms with Crippen molar-refractivity contribution in [3.05, 3.63) is 59.1 Å². The van der Waals surface area contributed by atoms with Gasteiger partial charge in [0.25, 0.3) is 0 Å². The van der Waals surface area contributed by atoms with Crippen molar-refractivity contribution in [2.75, 3.05) is 7.11 Å². The van der Waals surface area contributed by atoms with Gasteiger partial charge in [-0.1, -0.05) is 11.6 Å². The second kappa shape index (κ2) is 5.15. The van der Waals surface area contributed by atoms with Gasteiger partial charge < -0.3 is 14.9 Å². The van der Waals surface area contributed by atoms with Gasteiger partial charge in [-0.2, -0.15) is 0 Å². The molecule has 0 fully saturated rings. The van der Waals surface area contributed by atoms with Crippen LogP contribution in [0, 0.1) is 0 Å². The zero-order chi connectivity index (χ0) is 14.1. The Kier molecular flexibility index (Phi) is 3.34. The molecule has 4 nitrogen and oxygen atoms in total. The van der Waals surface area contributed by atoms with E-state index in [-0.39, 0.29) is 6.04 Å². The van der Waals surface area contributed by atoms with E-state index in [9.17, 15) is 0 Å². The van der Waals surface area contributed by atoms with Crippen molar-refractivity contribution in [2.24, 2.45) is 5.73 Å². The molecule has 20 heavy (non-hydrogen) atoms. The summed E-state index contributed by atoms with van der Waals surface area (Å²) in [6.07, 6.45) is 3.41. The third-order valence-corrected chi connectivity index (χ3v) is 3.38. The SMILES string of the molecule is COc1cc(Cl)cc2cc(C(N)c3ccncc3)oc12. The van der Waals surface area contributed by atoms with Crippen LogP contribution in [0.15, 0.2) is 47.1 Å². The Hall–Kier alpha value is -2.04. The van der Waals surface area contributed by atoms with Gasteiger partial charge in [0, 0.05) is 28.9 Å². The normalized spacial score (nSPS) is 12.6. The smallest absolute Gasteiger partial charge is 0.176 e. The highest BCUT2D eigenvalue weighted by atomic mass is 35.5. The first-order chi connectivity index (χ1) is 9.69. The van der Waals surface area contributed by atoms with Crippen LogP contribution < -0.4 is 10.5 Å². The molecule has 0 saturated carbocycles. The fourth-order valence-corrected chi connectivity index (χ4v) is 2.36. The van der Waals surface area contributed by atoms with Crippen molar-refractivity contribution in [1.82, 2.24) is 4.98 Å². The van der Waals surface area contributed by atoms with Crippen LogP contribution in [0.5, 0.6) is 5.75 Å². The van der Waals surface area contributed by atoms with Gasteiger partial charge in [-0.3, -0.25) is 4.98 Å². The number of halogens is 1. The number of ether oxygens (including phenoxy) is 1. The average molecular weight is 289 g/mol. The largest absolute Gasteiger partial charge is 0.493 e. The molecular weight excluding hydrogens is 276 g/mol. The van der Waals surface area contributed by atoms with E-state index in [4.69, 9.17) is 26.5 Å². The summed E-state index contributed by atoms with van der Waals surface area (Å²) in [4.78, 5) is 3.98. The van der Waals surface area contributed by atoms with Gasteiger partial charge in [0.2, 0.25) is 0 Å². The Morgan fingerprint density at radius 3 is 2.70 bits per heavy atom. The molecule has 0 aliphatic carbocycles. The van der Waals surface area contributed by atoms with Crippen molar-refractivity contribution in [2.45, 2.75) is 6.04 Å². The van der Waals surface area contributed by atoms with E-state index < -0.39 is 0 Å². The van der Waals surface area contributed by atoms with E-state index in [1.54, 1.807) is 25.6 Å². The lowest BCUT2D eigenvalue weighted by molar-refractivity contribution is 0.406. The molecule has 0 aliphatic rings. The maximum Gasteiger partial charge on any atom is 0.176 e. The molecule has 5 heteroatoms. The predicted octanol–water partition coefficient (Wildman–Crippen LogP) is 3.54. The molecule has 0 radical (unpaired) electrons. The number of furan rings is 1. The summed E-state index contributed by atoms with van der Waals surface area (Å²) in [7, 11) is 1.58. The topological polar surface area (TPSA) is 61.3 Å². The quantitative estimate of drug-likeness (QED) is 0.801. The van der Waals surface area contributed by atoms with E-state index in [0.717, 1.165) is 10.9 Å². The third-order valence-electron chi connectivity index (χ3n) is 3.16. The predicted molar refractivity (Wildman–Crippen MR) is 78.0 cm³/mol. The number of aromatic nitrogens is 1. The third kappa shape index (κ3) is 2.24. The molecule has 0 amide bonds. The molecule has 1 aromatic carbocycles. The van der Waals surface area contributed by atoms with E-state index in [1.165, 1.54) is 0 Å². The minimum absolute atomic E-state index is 0.353. The highest BCUT2D eigenvalue weighted by Crippen LogP contribution is 2.34. The molecule has 0 spiro atoms. The van der Waals surface area contributed by atoms with Crippen molar-refractivity contribution >= 4 is 22.6 Å². The molecular formula is C15H13ClN2O2. The second-order valence-electron chi connectivity index (χ2n) is 4.43. The van der Waals surface area contributed by atoms with Gasteiger partial charge in [-0.25, -0.2) is 0 Å². The molecule has 0 aliphatic heterocycles. The van der Waals surface area contributed by atoms with Gasteiger partial charge in [0.15, 0.2) is 11.3 Å². The van der Waals surface area contributed by atoms with Crippen LogP contribution in [0.4, 0.5) is 0 Å². The fourth-order valence-electron chi connectivity index (χ4n) is 2.15. The molecule has 1 atom stereocenters. The zero-order valence-electron chi connectivity index (χ0n) is 10.8. The molecule has 3 aromatic rings. The summed E-state index contributed by atoms with van der Waals surface area (Å²) in [5.41, 5.74) is 7.80. The monoisotopic (exact) mass is 288 g/mol. The van der Waals surface area contributed by atoms with Crippen LogP contribution in [-0.2, 0) is 0 Å². The number of methoxy groups -OCH3 is 1. The summed E-state index contributed by atoms with van der Waals surface area (Å²) < 4.78 is 11.1. The lowest BCUT2D eigenvalue weighted by Gasteiger charge is -2.07. The molecule has 102 valence electrons. The number of nitrogens with two attached hydrogens (primary N) is 1. The Morgan fingerprint density at radius 1 is 1.25 bits per heavy atom. The highest BCUT2D eigenvalue weighted by Gasteiger charge is 2.16. The van der Waals surface area contributed by atoms with Gasteiger partial charge in [-0.05, 0) is 29.8 Å². The summed E-state index contributed by atoms with van der Waals surface area (Å²) in [5.74, 6) is 1.26. The molecule has 2 aromatic heterocycles. The second-order valence-corrected chi connectivity index (χ2v) is 4.87. The van der Waals surface area contributed by atoms with Gasteiger partial charge >= 0.3 is 0 Å². The van der Waals surface area contributed by atoms with Crippen molar-refractivity contribution in [3.63, 3.8) is 0 Å². The number of pyridine rings is 1. The lowest BCUT2D eigenvalue weighted by Crippen LogP contribution is -2.10. The minimum atomic E-state index is -0.353. The summed E-state index contributed by atoms with van der Waals surface area (Å²) in [6, 6.07) is 8.80. The number of benzene rings is 1. The zero-order valence-corrected chi connectivity index (χ0v) is 11.6. The Labute approximate surface area is 121 Å². The van der Waals surface area contributed by atoms with Gasteiger partial charge in [-0.15, -0.1) is 0 Å². The van der Waals surface area contributed by atoms with E-state index in [1.807, 2.05) is 24.3 Å². The molecule has 1 unspecified atom stereocenters. The van der Waals surface area contributed by atoms with Crippen LogP contribution in [0.25, 0.3) is 11.0 Å². The van der Waals surface area contributed by atoms with Crippen LogP contribution in [0.1, 0.15) is 17.4 Å². The maximum atomic E-state index is 6.21.